The van der Waals surface area contributed by atoms with Crippen LogP contribution in [0.15, 0.2) is 81.1 Å². The maximum absolute atomic E-state index is 13.3. The number of aromatic nitrogens is 2. The first kappa shape index (κ1) is 24.7. The highest BCUT2D eigenvalue weighted by Crippen LogP contribution is 2.32. The number of nitrogens with zero attached hydrogens (tertiary/aromatic N) is 3. The number of hydrogen-bond acceptors (Lipinski definition) is 4. The fraction of sp³-hybridized carbons (Fsp3) is 0.192. The van der Waals surface area contributed by atoms with Gasteiger partial charge in [0.25, 0.3) is 5.56 Å². The maximum atomic E-state index is 13.3. The Bertz CT molecular complexity index is 1460. The first-order valence-electron chi connectivity index (χ1n) is 10.9. The molecule has 0 bridgehead atoms. The van der Waals surface area contributed by atoms with Gasteiger partial charge in [0, 0.05) is 5.56 Å². The molecular weight excluding hydrogens is 523 g/mol. The van der Waals surface area contributed by atoms with Crippen molar-refractivity contribution in [2.75, 3.05) is 0 Å². The molecule has 0 aliphatic rings. The SMILES string of the molecule is CC[C@H](C)Oc1ccc(C=Nn2c(-c3cccc(C(F)(F)F)c3)nc3ccccc3c2=O)cc1Br. The molecule has 0 saturated heterocycles. The lowest BCUT2D eigenvalue weighted by Crippen LogP contribution is -2.20. The second kappa shape index (κ2) is 10.0. The van der Waals surface area contributed by atoms with Gasteiger partial charge in [-0.1, -0.05) is 31.2 Å². The van der Waals surface area contributed by atoms with Crippen LogP contribution >= 0.6 is 15.9 Å². The lowest BCUT2D eigenvalue weighted by Gasteiger charge is -2.14. The summed E-state index contributed by atoms with van der Waals surface area (Å²) in [5.74, 6) is 0.678. The molecule has 1 atom stereocenters. The van der Waals surface area contributed by atoms with Gasteiger partial charge >= 0.3 is 6.18 Å². The Kier molecular flexibility index (Phi) is 7.07. The summed E-state index contributed by atoms with van der Waals surface area (Å²) in [4.78, 5) is 17.7. The molecule has 1 aromatic heterocycles. The minimum atomic E-state index is -4.54. The molecule has 0 N–H and O–H groups in total. The predicted octanol–water partition coefficient (Wildman–Crippen LogP) is 6.90. The normalized spacial score (nSPS) is 12.9. The molecule has 9 heteroatoms. The van der Waals surface area contributed by atoms with Crippen LogP contribution in [0.1, 0.15) is 31.4 Å². The minimum Gasteiger partial charge on any atom is -0.490 e. The summed E-state index contributed by atoms with van der Waals surface area (Å²) < 4.78 is 47.6. The molecule has 1 heterocycles. The van der Waals surface area contributed by atoms with E-state index in [-0.39, 0.29) is 17.5 Å². The zero-order chi connectivity index (χ0) is 25.2. The molecule has 0 spiro atoms. The van der Waals surface area contributed by atoms with Gasteiger partial charge in [0.05, 0.1) is 33.3 Å². The molecule has 4 aromatic rings. The molecule has 0 amide bonds. The van der Waals surface area contributed by atoms with Gasteiger partial charge in [-0.25, -0.2) is 4.98 Å². The highest BCUT2D eigenvalue weighted by molar-refractivity contribution is 9.10. The van der Waals surface area contributed by atoms with Crippen LogP contribution in [-0.4, -0.2) is 22.0 Å². The van der Waals surface area contributed by atoms with E-state index in [2.05, 4.69) is 26.0 Å². The van der Waals surface area contributed by atoms with Crippen molar-refractivity contribution in [2.45, 2.75) is 32.5 Å². The van der Waals surface area contributed by atoms with Gasteiger partial charge in [0.15, 0.2) is 5.82 Å². The molecule has 35 heavy (non-hydrogen) atoms. The summed E-state index contributed by atoms with van der Waals surface area (Å²) >= 11 is 3.48. The van der Waals surface area contributed by atoms with E-state index in [0.29, 0.717) is 26.7 Å². The standard InChI is InChI=1S/C26H21BrF3N3O2/c1-3-16(2)35-23-12-11-17(13-21(23)27)15-31-33-24(18-7-6-8-19(14-18)26(28,29)30)32-22-10-5-4-9-20(22)25(33)34/h4-16H,3H2,1-2H3/t16-/m0/s1. The molecule has 0 aliphatic heterocycles. The smallest absolute Gasteiger partial charge is 0.416 e. The van der Waals surface area contributed by atoms with Crippen LogP contribution in [0.4, 0.5) is 13.2 Å². The number of benzene rings is 3. The molecular formula is C26H21BrF3N3O2. The molecule has 3 aromatic carbocycles. The molecule has 4 rings (SSSR count). The van der Waals surface area contributed by atoms with Crippen molar-refractivity contribution >= 4 is 33.0 Å². The van der Waals surface area contributed by atoms with Gasteiger partial charge in [-0.2, -0.15) is 22.9 Å². The quantitative estimate of drug-likeness (QED) is 0.248. The van der Waals surface area contributed by atoms with Gasteiger partial charge in [0.1, 0.15) is 5.75 Å². The van der Waals surface area contributed by atoms with Gasteiger partial charge in [-0.15, -0.1) is 0 Å². The number of rotatable bonds is 6. The maximum Gasteiger partial charge on any atom is 0.416 e. The Morgan fingerprint density at radius 3 is 2.60 bits per heavy atom. The Balaban J connectivity index is 1.82. The van der Waals surface area contributed by atoms with Crippen LogP contribution in [0.3, 0.4) is 0 Å². The van der Waals surface area contributed by atoms with E-state index in [1.54, 1.807) is 42.5 Å². The van der Waals surface area contributed by atoms with Crippen molar-refractivity contribution in [3.63, 3.8) is 0 Å². The lowest BCUT2D eigenvalue weighted by molar-refractivity contribution is -0.137. The van der Waals surface area contributed by atoms with Gasteiger partial charge < -0.3 is 4.74 Å². The number of halogens is 4. The van der Waals surface area contributed by atoms with E-state index in [1.165, 1.54) is 18.3 Å². The van der Waals surface area contributed by atoms with Crippen LogP contribution in [0.2, 0.25) is 0 Å². The first-order chi connectivity index (χ1) is 16.7. The van der Waals surface area contributed by atoms with Crippen LogP contribution < -0.4 is 10.3 Å². The highest BCUT2D eigenvalue weighted by atomic mass is 79.9. The second-order valence-electron chi connectivity index (χ2n) is 7.92. The number of para-hydroxylation sites is 1. The molecule has 0 fully saturated rings. The first-order valence-corrected chi connectivity index (χ1v) is 11.7. The fourth-order valence-corrected chi connectivity index (χ4v) is 3.86. The predicted molar refractivity (Wildman–Crippen MR) is 134 cm³/mol. The Hall–Kier alpha value is -3.46. The van der Waals surface area contributed by atoms with Crippen molar-refractivity contribution in [1.82, 2.24) is 9.66 Å². The number of alkyl halides is 3. The van der Waals surface area contributed by atoms with Crippen molar-refractivity contribution in [3.8, 4) is 17.1 Å². The molecule has 180 valence electrons. The molecule has 0 saturated carbocycles. The van der Waals surface area contributed by atoms with Crippen LogP contribution in [0.5, 0.6) is 5.75 Å². The van der Waals surface area contributed by atoms with Crippen molar-refractivity contribution in [3.05, 3.63) is 92.7 Å². The Morgan fingerprint density at radius 1 is 1.11 bits per heavy atom. The van der Waals surface area contributed by atoms with E-state index >= 15 is 0 Å². The summed E-state index contributed by atoms with van der Waals surface area (Å²) in [5.41, 5.74) is -0.184. The number of fused-ring (bicyclic) bond motifs is 1. The van der Waals surface area contributed by atoms with Crippen molar-refractivity contribution < 1.29 is 17.9 Å². The summed E-state index contributed by atoms with van der Waals surface area (Å²) in [6, 6.07) is 16.6. The van der Waals surface area contributed by atoms with E-state index in [4.69, 9.17) is 4.74 Å². The zero-order valence-electron chi connectivity index (χ0n) is 18.9. The van der Waals surface area contributed by atoms with Crippen LogP contribution in [-0.2, 0) is 6.18 Å². The minimum absolute atomic E-state index is 0.00633. The van der Waals surface area contributed by atoms with Crippen LogP contribution in [0, 0.1) is 0 Å². The Labute approximate surface area is 208 Å². The monoisotopic (exact) mass is 543 g/mol. The van der Waals surface area contributed by atoms with E-state index in [9.17, 15) is 18.0 Å². The number of hydrogen-bond donors (Lipinski definition) is 0. The summed E-state index contributed by atoms with van der Waals surface area (Å²) in [6.45, 7) is 3.99. The van der Waals surface area contributed by atoms with Gasteiger partial charge in [-0.05, 0) is 77.3 Å². The zero-order valence-corrected chi connectivity index (χ0v) is 20.5. The van der Waals surface area contributed by atoms with E-state index < -0.39 is 17.3 Å². The van der Waals surface area contributed by atoms with Gasteiger partial charge in [0.2, 0.25) is 0 Å². The third-order valence-electron chi connectivity index (χ3n) is 5.38. The molecule has 5 nitrogen and oxygen atoms in total. The molecule has 0 radical (unpaired) electrons. The highest BCUT2D eigenvalue weighted by Gasteiger charge is 2.31. The number of ether oxygens (including phenoxy) is 1. The third-order valence-corrected chi connectivity index (χ3v) is 6.00. The average Bonchev–Trinajstić information content (AvgIpc) is 2.84. The van der Waals surface area contributed by atoms with Gasteiger partial charge in [-0.3, -0.25) is 4.79 Å². The van der Waals surface area contributed by atoms with E-state index in [1.807, 2.05) is 13.8 Å². The Morgan fingerprint density at radius 2 is 1.89 bits per heavy atom. The van der Waals surface area contributed by atoms with Crippen molar-refractivity contribution in [2.24, 2.45) is 5.10 Å². The second-order valence-corrected chi connectivity index (χ2v) is 8.77. The molecule has 0 aliphatic carbocycles. The fourth-order valence-electron chi connectivity index (χ4n) is 3.37. The summed E-state index contributed by atoms with van der Waals surface area (Å²) in [6.07, 6.45) is -2.19. The van der Waals surface area contributed by atoms with Crippen LogP contribution in [0.25, 0.3) is 22.3 Å². The third kappa shape index (κ3) is 5.45. The van der Waals surface area contributed by atoms with Crippen molar-refractivity contribution in [1.29, 1.82) is 0 Å². The molecule has 0 unspecified atom stereocenters. The largest absolute Gasteiger partial charge is 0.490 e. The summed E-state index contributed by atoms with van der Waals surface area (Å²) in [5, 5.41) is 4.62. The lowest BCUT2D eigenvalue weighted by atomic mass is 10.1. The summed E-state index contributed by atoms with van der Waals surface area (Å²) in [7, 11) is 0. The topological polar surface area (TPSA) is 56.5 Å². The van der Waals surface area contributed by atoms with E-state index in [0.717, 1.165) is 23.2 Å². The average molecular weight is 544 g/mol.